The van der Waals surface area contributed by atoms with Crippen molar-refractivity contribution in [3.05, 3.63) is 45.3 Å². The molecule has 2 atom stereocenters. The third kappa shape index (κ3) is 5.13. The van der Waals surface area contributed by atoms with E-state index in [-0.39, 0.29) is 30.8 Å². The maximum atomic E-state index is 12.9. The fourth-order valence-corrected chi connectivity index (χ4v) is 3.74. The SMILES string of the molecule is CCO[C@H]1CN(C(=O)O)C[C@H]1Nc1c(CC)nc(Cc2ccc(OC)nc2C)[nH]c1=O. The molecule has 1 amide bonds. The number of anilines is 1. The summed E-state index contributed by atoms with van der Waals surface area (Å²) in [5, 5.41) is 12.5. The molecule has 3 rings (SSSR count). The van der Waals surface area contributed by atoms with Gasteiger partial charge >= 0.3 is 6.09 Å². The Bertz CT molecular complexity index is 993. The highest BCUT2D eigenvalue weighted by Crippen LogP contribution is 2.20. The van der Waals surface area contributed by atoms with E-state index in [2.05, 4.69) is 20.3 Å². The van der Waals surface area contributed by atoms with Crippen LogP contribution in [0.2, 0.25) is 0 Å². The second kappa shape index (κ2) is 9.78. The van der Waals surface area contributed by atoms with E-state index in [1.165, 1.54) is 4.90 Å². The van der Waals surface area contributed by atoms with E-state index in [0.717, 1.165) is 11.3 Å². The van der Waals surface area contributed by atoms with Crippen molar-refractivity contribution in [1.82, 2.24) is 19.9 Å². The van der Waals surface area contributed by atoms with Crippen LogP contribution in [0.25, 0.3) is 0 Å². The van der Waals surface area contributed by atoms with E-state index in [4.69, 9.17) is 9.47 Å². The molecule has 0 unspecified atom stereocenters. The molecule has 3 N–H and O–H groups in total. The number of rotatable bonds is 8. The summed E-state index contributed by atoms with van der Waals surface area (Å²) in [4.78, 5) is 37.4. The second-order valence-corrected chi connectivity index (χ2v) is 7.39. The molecule has 1 saturated heterocycles. The standard InChI is InChI=1S/C21H29N5O5/c1-5-14-19(24-15-10-26(21(28)29)11-16(15)31-6-2)20(27)25-17(23-14)9-13-7-8-18(30-4)22-12(13)3/h7-8,15-16,24H,5-6,9-11H2,1-4H3,(H,28,29)(H,23,25,27)/t15-,16+/m1/s1. The molecule has 0 saturated carbocycles. The van der Waals surface area contributed by atoms with Crippen LogP contribution in [0.5, 0.6) is 5.88 Å². The van der Waals surface area contributed by atoms with E-state index in [1.807, 2.05) is 26.8 Å². The van der Waals surface area contributed by atoms with Gasteiger partial charge in [0.15, 0.2) is 0 Å². The van der Waals surface area contributed by atoms with Crippen molar-refractivity contribution in [3.8, 4) is 5.88 Å². The Morgan fingerprint density at radius 2 is 2.10 bits per heavy atom. The molecule has 0 radical (unpaired) electrons. The number of pyridine rings is 1. The van der Waals surface area contributed by atoms with Crippen molar-refractivity contribution in [2.45, 2.75) is 45.8 Å². The first-order valence-electron chi connectivity index (χ1n) is 10.3. The number of amides is 1. The number of hydrogen-bond donors (Lipinski definition) is 3. The van der Waals surface area contributed by atoms with Gasteiger partial charge in [-0.1, -0.05) is 13.0 Å². The minimum atomic E-state index is -1.00. The Balaban J connectivity index is 1.84. The van der Waals surface area contributed by atoms with Crippen molar-refractivity contribution in [1.29, 1.82) is 0 Å². The summed E-state index contributed by atoms with van der Waals surface area (Å²) in [6, 6.07) is 3.35. The monoisotopic (exact) mass is 431 g/mol. The summed E-state index contributed by atoms with van der Waals surface area (Å²) in [6.45, 7) is 6.62. The van der Waals surface area contributed by atoms with Crippen molar-refractivity contribution in [2.24, 2.45) is 0 Å². The number of aromatic nitrogens is 3. The van der Waals surface area contributed by atoms with Crippen molar-refractivity contribution >= 4 is 11.8 Å². The highest BCUT2D eigenvalue weighted by Gasteiger charge is 2.36. The number of nitrogens with one attached hydrogen (secondary N) is 2. The molecule has 1 fully saturated rings. The molecule has 1 aliphatic rings. The van der Waals surface area contributed by atoms with Gasteiger partial charge in [0, 0.05) is 31.3 Å². The van der Waals surface area contributed by atoms with E-state index in [9.17, 15) is 14.7 Å². The minimum Gasteiger partial charge on any atom is -0.481 e. The van der Waals surface area contributed by atoms with Crippen LogP contribution in [-0.4, -0.2) is 70.0 Å². The Kier molecular flexibility index (Phi) is 7.11. The third-order valence-electron chi connectivity index (χ3n) is 5.36. The lowest BCUT2D eigenvalue weighted by Gasteiger charge is -2.21. The van der Waals surface area contributed by atoms with Crippen LogP contribution in [0.4, 0.5) is 10.5 Å². The number of nitrogens with zero attached hydrogens (tertiary/aromatic N) is 3. The zero-order valence-corrected chi connectivity index (χ0v) is 18.3. The summed E-state index contributed by atoms with van der Waals surface area (Å²) in [7, 11) is 1.57. The predicted molar refractivity (Wildman–Crippen MR) is 115 cm³/mol. The highest BCUT2D eigenvalue weighted by atomic mass is 16.5. The highest BCUT2D eigenvalue weighted by molar-refractivity contribution is 5.66. The number of carboxylic acid groups (broad SMARTS) is 1. The smallest absolute Gasteiger partial charge is 0.407 e. The third-order valence-corrected chi connectivity index (χ3v) is 5.36. The fraction of sp³-hybridized carbons (Fsp3) is 0.524. The number of aryl methyl sites for hydroxylation is 2. The van der Waals surface area contributed by atoms with Gasteiger partial charge in [0.25, 0.3) is 5.56 Å². The zero-order valence-electron chi connectivity index (χ0n) is 18.3. The number of aromatic amines is 1. The second-order valence-electron chi connectivity index (χ2n) is 7.39. The Morgan fingerprint density at radius 3 is 2.71 bits per heavy atom. The average Bonchev–Trinajstić information content (AvgIpc) is 3.14. The van der Waals surface area contributed by atoms with Crippen LogP contribution in [0.1, 0.15) is 36.6 Å². The lowest BCUT2D eigenvalue weighted by molar-refractivity contribution is 0.0629. The molecule has 168 valence electrons. The molecule has 2 aromatic heterocycles. The maximum absolute atomic E-state index is 12.9. The van der Waals surface area contributed by atoms with Crippen molar-refractivity contribution in [3.63, 3.8) is 0 Å². The van der Waals surface area contributed by atoms with Crippen LogP contribution in [-0.2, 0) is 17.6 Å². The number of H-pyrrole nitrogens is 1. The lowest BCUT2D eigenvalue weighted by atomic mass is 10.1. The molecule has 0 aliphatic carbocycles. The van der Waals surface area contributed by atoms with Crippen LogP contribution in [0, 0.1) is 6.92 Å². The van der Waals surface area contributed by atoms with Crippen molar-refractivity contribution < 1.29 is 19.4 Å². The minimum absolute atomic E-state index is 0.237. The number of ether oxygens (including phenoxy) is 2. The van der Waals surface area contributed by atoms with Gasteiger partial charge in [0.1, 0.15) is 11.5 Å². The quantitative estimate of drug-likeness (QED) is 0.577. The molecule has 0 aromatic carbocycles. The number of hydrogen-bond acceptors (Lipinski definition) is 7. The van der Waals surface area contributed by atoms with Gasteiger partial charge in [0.05, 0.1) is 31.5 Å². The lowest BCUT2D eigenvalue weighted by Crippen LogP contribution is -2.37. The first-order valence-corrected chi connectivity index (χ1v) is 10.3. The molecule has 2 aromatic rings. The first kappa shape index (κ1) is 22.5. The van der Waals surface area contributed by atoms with Crippen LogP contribution >= 0.6 is 0 Å². The van der Waals surface area contributed by atoms with E-state index in [1.54, 1.807) is 13.2 Å². The molecule has 10 nitrogen and oxygen atoms in total. The van der Waals surface area contributed by atoms with Crippen LogP contribution in [0.3, 0.4) is 0 Å². The van der Waals surface area contributed by atoms with E-state index < -0.39 is 6.09 Å². The van der Waals surface area contributed by atoms with Crippen LogP contribution < -0.4 is 15.6 Å². The van der Waals surface area contributed by atoms with E-state index >= 15 is 0 Å². The molecule has 1 aliphatic heterocycles. The summed E-state index contributed by atoms with van der Waals surface area (Å²) in [5.41, 5.74) is 2.45. The fourth-order valence-electron chi connectivity index (χ4n) is 3.74. The van der Waals surface area contributed by atoms with Gasteiger partial charge < -0.3 is 29.8 Å². The number of methoxy groups -OCH3 is 1. The molecule has 3 heterocycles. The average molecular weight is 431 g/mol. The Morgan fingerprint density at radius 1 is 1.32 bits per heavy atom. The van der Waals surface area contributed by atoms with Gasteiger partial charge in [-0.15, -0.1) is 0 Å². The molecule has 0 spiro atoms. The Labute approximate surface area is 180 Å². The molecular formula is C21H29N5O5. The molecule has 10 heteroatoms. The summed E-state index contributed by atoms with van der Waals surface area (Å²) >= 11 is 0. The van der Waals surface area contributed by atoms with Crippen molar-refractivity contribution in [2.75, 3.05) is 32.1 Å². The predicted octanol–water partition coefficient (Wildman–Crippen LogP) is 1.81. The van der Waals surface area contributed by atoms with Gasteiger partial charge in [0.2, 0.25) is 5.88 Å². The van der Waals surface area contributed by atoms with Gasteiger partial charge in [-0.2, -0.15) is 0 Å². The zero-order chi connectivity index (χ0) is 22.5. The molecule has 0 bridgehead atoms. The van der Waals surface area contributed by atoms with E-state index in [0.29, 0.717) is 42.5 Å². The Hall–Kier alpha value is -3.14. The summed E-state index contributed by atoms with van der Waals surface area (Å²) in [6.07, 6.45) is -0.356. The molecular weight excluding hydrogens is 402 g/mol. The summed E-state index contributed by atoms with van der Waals surface area (Å²) in [5.74, 6) is 1.08. The maximum Gasteiger partial charge on any atom is 0.407 e. The normalized spacial score (nSPS) is 18.3. The van der Waals surface area contributed by atoms with Crippen LogP contribution in [0.15, 0.2) is 16.9 Å². The summed E-state index contributed by atoms with van der Waals surface area (Å²) < 4.78 is 10.8. The van der Waals surface area contributed by atoms with Gasteiger partial charge in [-0.25, -0.2) is 14.8 Å². The van der Waals surface area contributed by atoms with Gasteiger partial charge in [-0.3, -0.25) is 4.79 Å². The first-order chi connectivity index (χ1) is 14.9. The number of carbonyl (C=O) groups is 1. The van der Waals surface area contributed by atoms with Gasteiger partial charge in [-0.05, 0) is 25.8 Å². The molecule has 31 heavy (non-hydrogen) atoms. The topological polar surface area (TPSA) is 130 Å². The number of likely N-dealkylation sites (tertiary alicyclic amines) is 1. The largest absolute Gasteiger partial charge is 0.481 e.